The molecule has 1 aromatic carbocycles. The number of fused-ring (bicyclic) bond motifs is 1. The first-order valence-corrected chi connectivity index (χ1v) is 7.54. The van der Waals surface area contributed by atoms with Gasteiger partial charge in [0.1, 0.15) is 5.82 Å². The van der Waals surface area contributed by atoms with Crippen molar-refractivity contribution in [2.24, 2.45) is 0 Å². The average molecular weight is 326 g/mol. The normalized spacial score (nSPS) is 12.2. The molecule has 1 atom stereocenters. The zero-order chi connectivity index (χ0) is 17.3. The molecule has 124 valence electrons. The molecular weight excluding hydrogens is 308 g/mol. The van der Waals surface area contributed by atoms with E-state index >= 15 is 0 Å². The van der Waals surface area contributed by atoms with Gasteiger partial charge in [0.25, 0.3) is 5.89 Å². The van der Waals surface area contributed by atoms with Crippen LogP contribution >= 0.6 is 0 Å². The molecular formula is C17H18N4O3. The predicted octanol–water partition coefficient (Wildman–Crippen LogP) is 2.91. The Labute approximate surface area is 139 Å². The first-order valence-electron chi connectivity index (χ1n) is 7.54. The fourth-order valence-corrected chi connectivity index (χ4v) is 2.31. The van der Waals surface area contributed by atoms with Gasteiger partial charge in [0, 0.05) is 26.4 Å². The van der Waals surface area contributed by atoms with Gasteiger partial charge in [0.2, 0.25) is 5.89 Å². The van der Waals surface area contributed by atoms with E-state index in [-0.39, 0.29) is 5.89 Å². The lowest BCUT2D eigenvalue weighted by atomic mass is 10.1. The van der Waals surface area contributed by atoms with Gasteiger partial charge in [0.05, 0.1) is 11.1 Å². The molecule has 0 radical (unpaired) electrons. The van der Waals surface area contributed by atoms with Crippen LogP contribution in [-0.4, -0.2) is 35.2 Å². The molecule has 2 heterocycles. The van der Waals surface area contributed by atoms with E-state index in [4.69, 9.17) is 9.15 Å². The number of hydrogen-bond acceptors (Lipinski definition) is 7. The summed E-state index contributed by atoms with van der Waals surface area (Å²) in [6.45, 7) is 3.38. The SMILES string of the molecule is Cc1nnc(C(C)OC(=O)c2cc(N(C)C)nc3ccccc23)o1. The third-order valence-electron chi connectivity index (χ3n) is 3.55. The minimum absolute atomic E-state index is 0.270. The largest absolute Gasteiger partial charge is 0.449 e. The van der Waals surface area contributed by atoms with Gasteiger partial charge in [-0.25, -0.2) is 9.78 Å². The second-order valence-electron chi connectivity index (χ2n) is 5.65. The maximum atomic E-state index is 12.7. The molecule has 0 saturated carbocycles. The van der Waals surface area contributed by atoms with Crippen LogP contribution < -0.4 is 4.90 Å². The summed E-state index contributed by atoms with van der Waals surface area (Å²) in [5, 5.41) is 8.37. The van der Waals surface area contributed by atoms with Crippen LogP contribution in [0.25, 0.3) is 10.9 Å². The maximum absolute atomic E-state index is 12.7. The van der Waals surface area contributed by atoms with Crippen LogP contribution in [0.3, 0.4) is 0 Å². The van der Waals surface area contributed by atoms with Crippen LogP contribution in [0.4, 0.5) is 5.82 Å². The summed E-state index contributed by atoms with van der Waals surface area (Å²) in [7, 11) is 3.74. The molecule has 7 nitrogen and oxygen atoms in total. The topological polar surface area (TPSA) is 81.4 Å². The summed E-state index contributed by atoms with van der Waals surface area (Å²) in [5.41, 5.74) is 1.18. The number of carbonyl (C=O) groups excluding carboxylic acids is 1. The van der Waals surface area contributed by atoms with E-state index in [0.29, 0.717) is 17.3 Å². The van der Waals surface area contributed by atoms with Crippen molar-refractivity contribution in [3.05, 3.63) is 47.7 Å². The number of hydrogen-bond donors (Lipinski definition) is 0. The number of para-hydroxylation sites is 1. The van der Waals surface area contributed by atoms with Crippen molar-refractivity contribution >= 4 is 22.7 Å². The van der Waals surface area contributed by atoms with E-state index in [9.17, 15) is 4.79 Å². The predicted molar refractivity (Wildman–Crippen MR) is 88.9 cm³/mol. The van der Waals surface area contributed by atoms with E-state index in [1.54, 1.807) is 19.9 Å². The number of pyridine rings is 1. The lowest BCUT2D eigenvalue weighted by molar-refractivity contribution is 0.0279. The molecule has 3 aromatic rings. The first kappa shape index (κ1) is 15.9. The summed E-state index contributed by atoms with van der Waals surface area (Å²) < 4.78 is 10.8. The van der Waals surface area contributed by atoms with Gasteiger partial charge in [0.15, 0.2) is 6.10 Å². The summed E-state index contributed by atoms with van der Waals surface area (Å²) >= 11 is 0. The number of aryl methyl sites for hydroxylation is 1. The quantitative estimate of drug-likeness (QED) is 0.682. The maximum Gasteiger partial charge on any atom is 0.339 e. The molecule has 7 heteroatoms. The number of rotatable bonds is 4. The van der Waals surface area contributed by atoms with Crippen molar-refractivity contribution in [2.75, 3.05) is 19.0 Å². The van der Waals surface area contributed by atoms with Crippen molar-refractivity contribution in [1.29, 1.82) is 0 Å². The molecule has 0 fully saturated rings. The van der Waals surface area contributed by atoms with Crippen LogP contribution in [0.5, 0.6) is 0 Å². The van der Waals surface area contributed by atoms with Crippen LogP contribution in [-0.2, 0) is 4.74 Å². The Morgan fingerprint density at radius 3 is 2.67 bits per heavy atom. The van der Waals surface area contributed by atoms with Crippen LogP contribution in [0.15, 0.2) is 34.7 Å². The highest BCUT2D eigenvalue weighted by Gasteiger charge is 2.21. The van der Waals surface area contributed by atoms with Crippen LogP contribution in [0.1, 0.15) is 35.2 Å². The monoisotopic (exact) mass is 326 g/mol. The zero-order valence-corrected chi connectivity index (χ0v) is 14.0. The van der Waals surface area contributed by atoms with Crippen LogP contribution in [0, 0.1) is 6.92 Å². The fourth-order valence-electron chi connectivity index (χ4n) is 2.31. The smallest absolute Gasteiger partial charge is 0.339 e. The van der Waals surface area contributed by atoms with Crippen molar-refractivity contribution in [3.8, 4) is 0 Å². The minimum Gasteiger partial charge on any atom is -0.449 e. The Hall–Kier alpha value is -2.96. The minimum atomic E-state index is -0.631. The van der Waals surface area contributed by atoms with Gasteiger partial charge in [-0.2, -0.15) is 0 Å². The molecule has 0 saturated heterocycles. The van der Waals surface area contributed by atoms with E-state index in [0.717, 1.165) is 10.9 Å². The molecule has 0 aliphatic rings. The molecule has 0 aliphatic heterocycles. The summed E-state index contributed by atoms with van der Waals surface area (Å²) in [5.74, 6) is 0.922. The van der Waals surface area contributed by atoms with E-state index in [1.165, 1.54) is 0 Å². The zero-order valence-electron chi connectivity index (χ0n) is 14.0. The second kappa shape index (κ2) is 6.27. The lowest BCUT2D eigenvalue weighted by Crippen LogP contribution is -2.14. The van der Waals surface area contributed by atoms with Gasteiger partial charge in [-0.3, -0.25) is 0 Å². The fraction of sp³-hybridized carbons (Fsp3) is 0.294. The molecule has 0 N–H and O–H groups in total. The van der Waals surface area contributed by atoms with E-state index in [1.807, 2.05) is 43.3 Å². The number of benzene rings is 1. The van der Waals surface area contributed by atoms with E-state index in [2.05, 4.69) is 15.2 Å². The molecule has 0 bridgehead atoms. The highest BCUT2D eigenvalue weighted by atomic mass is 16.6. The number of ether oxygens (including phenoxy) is 1. The van der Waals surface area contributed by atoms with Crippen molar-refractivity contribution < 1.29 is 13.9 Å². The highest BCUT2D eigenvalue weighted by Crippen LogP contribution is 2.25. The first-order chi connectivity index (χ1) is 11.5. The van der Waals surface area contributed by atoms with Gasteiger partial charge < -0.3 is 14.1 Å². The van der Waals surface area contributed by atoms with Gasteiger partial charge in [-0.1, -0.05) is 18.2 Å². The highest BCUT2D eigenvalue weighted by molar-refractivity contribution is 6.04. The molecule has 24 heavy (non-hydrogen) atoms. The van der Waals surface area contributed by atoms with Crippen LogP contribution in [0.2, 0.25) is 0 Å². The summed E-state index contributed by atoms with van der Waals surface area (Å²) in [6.07, 6.45) is -0.631. The molecule has 0 amide bonds. The Morgan fingerprint density at radius 2 is 2.00 bits per heavy atom. The number of carbonyl (C=O) groups is 1. The second-order valence-corrected chi connectivity index (χ2v) is 5.65. The number of nitrogens with zero attached hydrogens (tertiary/aromatic N) is 4. The number of esters is 1. The van der Waals surface area contributed by atoms with Gasteiger partial charge in [-0.15, -0.1) is 10.2 Å². The number of aromatic nitrogens is 3. The third-order valence-corrected chi connectivity index (χ3v) is 3.55. The van der Waals surface area contributed by atoms with Gasteiger partial charge >= 0.3 is 5.97 Å². The molecule has 0 aliphatic carbocycles. The summed E-state index contributed by atoms with van der Waals surface area (Å²) in [6, 6.07) is 9.18. The average Bonchev–Trinajstić information content (AvgIpc) is 3.00. The Morgan fingerprint density at radius 1 is 1.25 bits per heavy atom. The standard InChI is InChI=1S/C17H18N4O3/c1-10(16-20-19-11(2)24-16)23-17(22)13-9-15(21(3)4)18-14-8-6-5-7-12(13)14/h5-10H,1-4H3. The third kappa shape index (κ3) is 3.05. The Kier molecular flexibility index (Phi) is 4.16. The van der Waals surface area contributed by atoms with E-state index < -0.39 is 12.1 Å². The Bertz CT molecular complexity index is 888. The van der Waals surface area contributed by atoms with Crippen molar-refractivity contribution in [3.63, 3.8) is 0 Å². The molecule has 0 spiro atoms. The lowest BCUT2D eigenvalue weighted by Gasteiger charge is -2.15. The van der Waals surface area contributed by atoms with Crippen molar-refractivity contribution in [2.45, 2.75) is 20.0 Å². The number of anilines is 1. The van der Waals surface area contributed by atoms with Gasteiger partial charge in [-0.05, 0) is 19.1 Å². The molecule has 1 unspecified atom stereocenters. The Balaban J connectivity index is 1.96. The summed E-state index contributed by atoms with van der Waals surface area (Å²) in [4.78, 5) is 19.0. The molecule has 2 aromatic heterocycles. The molecule has 3 rings (SSSR count). The van der Waals surface area contributed by atoms with Crippen molar-refractivity contribution in [1.82, 2.24) is 15.2 Å².